The SMILES string of the molecule is CCCCC1(CC)CS(=O)(=O)c2cc(C(C)=O)c(OC)cc2C(c2ccccc2)N1. The van der Waals surface area contributed by atoms with Gasteiger partial charge in [-0.1, -0.05) is 57.0 Å². The third-order valence-electron chi connectivity index (χ3n) is 6.09. The van der Waals surface area contributed by atoms with Crippen molar-refractivity contribution in [3.8, 4) is 5.75 Å². The van der Waals surface area contributed by atoms with E-state index in [-0.39, 0.29) is 22.5 Å². The maximum atomic E-state index is 13.6. The number of methoxy groups -OCH3 is 1. The number of nitrogens with one attached hydrogen (secondary N) is 1. The van der Waals surface area contributed by atoms with E-state index >= 15 is 0 Å². The molecule has 0 radical (unpaired) electrons. The van der Waals surface area contributed by atoms with Crippen molar-refractivity contribution < 1.29 is 17.9 Å². The van der Waals surface area contributed by atoms with Crippen LogP contribution in [0, 0.1) is 0 Å². The quantitative estimate of drug-likeness (QED) is 0.646. The lowest BCUT2D eigenvalue weighted by Crippen LogP contribution is -2.50. The largest absolute Gasteiger partial charge is 0.496 e. The minimum Gasteiger partial charge on any atom is -0.496 e. The van der Waals surface area contributed by atoms with Gasteiger partial charge in [-0.3, -0.25) is 10.1 Å². The Morgan fingerprint density at radius 3 is 2.47 bits per heavy atom. The van der Waals surface area contributed by atoms with Crippen molar-refractivity contribution in [2.45, 2.75) is 62.9 Å². The Morgan fingerprint density at radius 1 is 1.20 bits per heavy atom. The first-order valence-corrected chi connectivity index (χ1v) is 12.2. The molecule has 0 spiro atoms. The number of ether oxygens (including phenoxy) is 1. The van der Waals surface area contributed by atoms with Crippen molar-refractivity contribution >= 4 is 15.6 Å². The van der Waals surface area contributed by atoms with E-state index in [1.165, 1.54) is 20.1 Å². The highest BCUT2D eigenvalue weighted by Gasteiger charge is 2.42. The predicted octanol–water partition coefficient (Wildman–Crippen LogP) is 4.70. The molecule has 0 saturated heterocycles. The Morgan fingerprint density at radius 2 is 1.90 bits per heavy atom. The fourth-order valence-corrected chi connectivity index (χ4v) is 6.48. The number of ketones is 1. The first kappa shape index (κ1) is 22.5. The topological polar surface area (TPSA) is 72.5 Å². The molecule has 0 amide bonds. The average molecular weight is 430 g/mol. The highest BCUT2D eigenvalue weighted by Crippen LogP contribution is 2.40. The lowest BCUT2D eigenvalue weighted by molar-refractivity contribution is 0.101. The molecule has 3 rings (SSSR count). The monoisotopic (exact) mass is 429 g/mol. The number of rotatable bonds is 7. The first-order valence-electron chi connectivity index (χ1n) is 10.5. The molecular weight excluding hydrogens is 398 g/mol. The second-order valence-electron chi connectivity index (χ2n) is 8.13. The van der Waals surface area contributed by atoms with Crippen LogP contribution in [0.5, 0.6) is 5.75 Å². The number of Topliss-reactive ketones (excluding diaryl/α,β-unsaturated/α-hetero) is 1. The van der Waals surface area contributed by atoms with Crippen molar-refractivity contribution in [2.24, 2.45) is 0 Å². The van der Waals surface area contributed by atoms with Crippen LogP contribution in [0.4, 0.5) is 0 Å². The maximum absolute atomic E-state index is 13.6. The van der Waals surface area contributed by atoms with E-state index in [4.69, 9.17) is 4.74 Å². The Kier molecular flexibility index (Phi) is 6.68. The summed E-state index contributed by atoms with van der Waals surface area (Å²) in [6.45, 7) is 5.58. The smallest absolute Gasteiger partial charge is 0.180 e. The Hall–Kier alpha value is -2.18. The van der Waals surface area contributed by atoms with E-state index in [9.17, 15) is 13.2 Å². The van der Waals surface area contributed by atoms with Gasteiger partial charge >= 0.3 is 0 Å². The van der Waals surface area contributed by atoms with Gasteiger partial charge in [0.2, 0.25) is 0 Å². The number of carbonyl (C=O) groups is 1. The van der Waals surface area contributed by atoms with Crippen LogP contribution in [0.3, 0.4) is 0 Å². The number of benzene rings is 2. The second kappa shape index (κ2) is 8.90. The van der Waals surface area contributed by atoms with Crippen molar-refractivity contribution in [2.75, 3.05) is 12.9 Å². The summed E-state index contributed by atoms with van der Waals surface area (Å²) in [6, 6.07) is 12.8. The van der Waals surface area contributed by atoms with E-state index in [1.807, 2.05) is 37.3 Å². The summed E-state index contributed by atoms with van der Waals surface area (Å²) >= 11 is 0. The molecule has 0 fully saturated rings. The van der Waals surface area contributed by atoms with Crippen molar-refractivity contribution in [3.63, 3.8) is 0 Å². The van der Waals surface area contributed by atoms with E-state index in [0.29, 0.717) is 23.3 Å². The van der Waals surface area contributed by atoms with Crippen LogP contribution in [0.25, 0.3) is 0 Å². The summed E-state index contributed by atoms with van der Waals surface area (Å²) in [6.07, 6.45) is 3.40. The summed E-state index contributed by atoms with van der Waals surface area (Å²) in [5.41, 5.74) is 1.37. The number of carbonyl (C=O) groups excluding carboxylic acids is 1. The molecule has 2 unspecified atom stereocenters. The highest BCUT2D eigenvalue weighted by molar-refractivity contribution is 7.91. The number of unbranched alkanes of at least 4 members (excludes halogenated alkanes) is 1. The summed E-state index contributed by atoms with van der Waals surface area (Å²) in [7, 11) is -2.12. The van der Waals surface area contributed by atoms with Crippen molar-refractivity contribution in [1.82, 2.24) is 5.32 Å². The molecule has 0 aromatic heterocycles. The van der Waals surface area contributed by atoms with E-state index < -0.39 is 15.4 Å². The fraction of sp³-hybridized carbons (Fsp3) is 0.458. The van der Waals surface area contributed by atoms with Gasteiger partial charge in [0, 0.05) is 5.54 Å². The van der Waals surface area contributed by atoms with Gasteiger partial charge < -0.3 is 4.74 Å². The predicted molar refractivity (Wildman–Crippen MR) is 119 cm³/mol. The number of fused-ring (bicyclic) bond motifs is 1. The zero-order chi connectivity index (χ0) is 21.9. The zero-order valence-electron chi connectivity index (χ0n) is 18.2. The second-order valence-corrected chi connectivity index (χ2v) is 10.1. The third kappa shape index (κ3) is 4.30. The highest BCUT2D eigenvalue weighted by atomic mass is 32.2. The van der Waals surface area contributed by atoms with Gasteiger partial charge in [0.25, 0.3) is 0 Å². The molecule has 5 nitrogen and oxygen atoms in total. The molecular formula is C24H31NO4S. The Labute approximate surface area is 179 Å². The first-order chi connectivity index (χ1) is 14.3. The van der Waals surface area contributed by atoms with Crippen molar-refractivity contribution in [1.29, 1.82) is 0 Å². The minimum absolute atomic E-state index is 0.0104. The number of hydrogen-bond donors (Lipinski definition) is 1. The van der Waals surface area contributed by atoms with Crippen LogP contribution in [0.1, 0.15) is 74.0 Å². The molecule has 1 N–H and O–H groups in total. The van der Waals surface area contributed by atoms with Gasteiger partial charge in [0.05, 0.1) is 29.4 Å². The summed E-state index contributed by atoms with van der Waals surface area (Å²) in [5.74, 6) is 0.194. The van der Waals surface area contributed by atoms with Crippen LogP contribution in [-0.2, 0) is 9.84 Å². The molecule has 162 valence electrons. The van der Waals surface area contributed by atoms with Gasteiger partial charge in [-0.2, -0.15) is 0 Å². The molecule has 0 bridgehead atoms. The van der Waals surface area contributed by atoms with E-state index in [2.05, 4.69) is 12.2 Å². The molecule has 1 aliphatic heterocycles. The van der Waals surface area contributed by atoms with Crippen LogP contribution in [0.15, 0.2) is 47.4 Å². The molecule has 1 aliphatic rings. The molecule has 2 aromatic carbocycles. The average Bonchev–Trinajstić information content (AvgIpc) is 2.84. The van der Waals surface area contributed by atoms with Gasteiger partial charge in [0.15, 0.2) is 15.6 Å². The van der Waals surface area contributed by atoms with E-state index in [0.717, 1.165) is 24.8 Å². The molecule has 0 saturated carbocycles. The summed E-state index contributed by atoms with van der Waals surface area (Å²) in [5, 5.41) is 3.72. The van der Waals surface area contributed by atoms with E-state index in [1.54, 1.807) is 6.07 Å². The molecule has 6 heteroatoms. The summed E-state index contributed by atoms with van der Waals surface area (Å²) < 4.78 is 32.6. The Balaban J connectivity index is 2.30. The molecule has 1 heterocycles. The zero-order valence-corrected chi connectivity index (χ0v) is 19.0. The van der Waals surface area contributed by atoms with Gasteiger partial charge in [-0.15, -0.1) is 0 Å². The summed E-state index contributed by atoms with van der Waals surface area (Å²) in [4.78, 5) is 12.4. The standard InChI is InChI=1S/C24H31NO4S/c1-5-7-13-24(6-2)16-30(27,28)22-15-19(17(3)26)21(29-4)14-20(22)23(25-24)18-11-9-8-10-12-18/h8-12,14-15,23,25H,5-7,13,16H2,1-4H3. The van der Waals surface area contributed by atoms with Gasteiger partial charge in [0.1, 0.15) is 5.75 Å². The lowest BCUT2D eigenvalue weighted by Gasteiger charge is -2.36. The molecule has 2 atom stereocenters. The molecule has 30 heavy (non-hydrogen) atoms. The molecule has 2 aromatic rings. The number of hydrogen-bond acceptors (Lipinski definition) is 5. The molecule has 0 aliphatic carbocycles. The fourth-order valence-electron chi connectivity index (χ4n) is 4.33. The number of sulfone groups is 1. The minimum atomic E-state index is -3.62. The van der Waals surface area contributed by atoms with Gasteiger partial charge in [-0.05, 0) is 43.0 Å². The van der Waals surface area contributed by atoms with Crippen LogP contribution in [0.2, 0.25) is 0 Å². The van der Waals surface area contributed by atoms with Crippen LogP contribution in [-0.4, -0.2) is 32.6 Å². The van der Waals surface area contributed by atoms with Gasteiger partial charge in [-0.25, -0.2) is 8.42 Å². The maximum Gasteiger partial charge on any atom is 0.180 e. The normalized spacial score (nSPS) is 22.7. The lowest BCUT2D eigenvalue weighted by atomic mass is 9.87. The third-order valence-corrected chi connectivity index (χ3v) is 8.05. The van der Waals surface area contributed by atoms with Crippen molar-refractivity contribution in [3.05, 3.63) is 59.2 Å². The van der Waals surface area contributed by atoms with Crippen LogP contribution >= 0.6 is 0 Å². The van der Waals surface area contributed by atoms with Crippen LogP contribution < -0.4 is 10.1 Å². The Bertz CT molecular complexity index is 1020.